The van der Waals surface area contributed by atoms with Crippen LogP contribution < -0.4 is 14.5 Å². The van der Waals surface area contributed by atoms with Gasteiger partial charge < -0.3 is 14.5 Å². The average Bonchev–Trinajstić information content (AvgIpc) is 3.23. The van der Waals surface area contributed by atoms with Gasteiger partial charge in [-0.1, -0.05) is 6.07 Å². The Kier molecular flexibility index (Phi) is 6.13. The van der Waals surface area contributed by atoms with E-state index in [2.05, 4.69) is 18.7 Å². The summed E-state index contributed by atoms with van der Waals surface area (Å²) in [7, 11) is 0. The summed E-state index contributed by atoms with van der Waals surface area (Å²) in [4.78, 5) is 27.8. The van der Waals surface area contributed by atoms with Crippen molar-refractivity contribution in [1.29, 1.82) is 0 Å². The number of benzene rings is 2. The second-order valence-corrected chi connectivity index (χ2v) is 6.71. The van der Waals surface area contributed by atoms with Crippen molar-refractivity contribution in [3.05, 3.63) is 58.1 Å². The first-order chi connectivity index (χ1) is 13.5. The molecule has 0 atom stereocenters. The molecular formula is C21H25N3O4. The molecule has 1 heterocycles. The number of anilines is 2. The maximum Gasteiger partial charge on any atom is 0.343 e. The van der Waals surface area contributed by atoms with E-state index in [1.165, 1.54) is 6.07 Å². The predicted molar refractivity (Wildman–Crippen MR) is 110 cm³/mol. The van der Waals surface area contributed by atoms with Crippen molar-refractivity contribution < 1.29 is 14.5 Å². The molecule has 0 radical (unpaired) electrons. The van der Waals surface area contributed by atoms with Gasteiger partial charge >= 0.3 is 5.97 Å². The molecule has 1 saturated heterocycles. The van der Waals surface area contributed by atoms with Crippen LogP contribution in [0.4, 0.5) is 17.1 Å². The largest absolute Gasteiger partial charge is 0.423 e. The van der Waals surface area contributed by atoms with Crippen LogP contribution in [0.1, 0.15) is 37.0 Å². The molecular weight excluding hydrogens is 358 g/mol. The molecule has 0 N–H and O–H groups in total. The van der Waals surface area contributed by atoms with Crippen LogP contribution >= 0.6 is 0 Å². The molecule has 7 heteroatoms. The van der Waals surface area contributed by atoms with Gasteiger partial charge in [0.05, 0.1) is 10.5 Å². The van der Waals surface area contributed by atoms with Gasteiger partial charge in [-0.2, -0.15) is 0 Å². The van der Waals surface area contributed by atoms with Gasteiger partial charge in [-0.05, 0) is 51.0 Å². The molecule has 2 aromatic rings. The average molecular weight is 383 g/mol. The van der Waals surface area contributed by atoms with Gasteiger partial charge in [0.2, 0.25) is 0 Å². The van der Waals surface area contributed by atoms with Gasteiger partial charge in [-0.3, -0.25) is 10.1 Å². The fourth-order valence-electron chi connectivity index (χ4n) is 3.52. The van der Waals surface area contributed by atoms with Crippen molar-refractivity contribution in [2.45, 2.75) is 26.7 Å². The molecule has 0 spiro atoms. The fraction of sp³-hybridized carbons (Fsp3) is 0.381. The van der Waals surface area contributed by atoms with E-state index in [1.54, 1.807) is 24.3 Å². The van der Waals surface area contributed by atoms with Crippen molar-refractivity contribution in [3.63, 3.8) is 0 Å². The summed E-state index contributed by atoms with van der Waals surface area (Å²) in [6.45, 7) is 7.40. The Labute approximate surface area is 164 Å². The third-order valence-electron chi connectivity index (χ3n) is 5.01. The minimum Gasteiger partial charge on any atom is -0.423 e. The van der Waals surface area contributed by atoms with Crippen molar-refractivity contribution >= 4 is 23.0 Å². The van der Waals surface area contributed by atoms with Crippen molar-refractivity contribution in [2.75, 3.05) is 36.0 Å². The maximum atomic E-state index is 12.6. The maximum absolute atomic E-state index is 12.6. The van der Waals surface area contributed by atoms with Crippen LogP contribution in [0.25, 0.3) is 0 Å². The van der Waals surface area contributed by atoms with E-state index in [0.29, 0.717) is 11.4 Å². The lowest BCUT2D eigenvalue weighted by molar-refractivity contribution is -0.384. The number of carbonyl (C=O) groups is 1. The van der Waals surface area contributed by atoms with Gasteiger partial charge in [-0.25, -0.2) is 4.79 Å². The second kappa shape index (κ2) is 8.73. The first kappa shape index (κ1) is 19.7. The Hall–Kier alpha value is -3.09. The van der Waals surface area contributed by atoms with E-state index in [1.807, 2.05) is 17.0 Å². The summed E-state index contributed by atoms with van der Waals surface area (Å²) in [6, 6.07) is 11.8. The number of nitro benzene ring substituents is 1. The summed E-state index contributed by atoms with van der Waals surface area (Å²) in [5, 5.41) is 11.5. The monoisotopic (exact) mass is 383 g/mol. The van der Waals surface area contributed by atoms with Crippen LogP contribution in [0.15, 0.2) is 42.5 Å². The Morgan fingerprint density at radius 2 is 1.86 bits per heavy atom. The van der Waals surface area contributed by atoms with Crippen LogP contribution in [0.2, 0.25) is 0 Å². The third-order valence-corrected chi connectivity index (χ3v) is 5.01. The number of rotatable bonds is 7. The van der Waals surface area contributed by atoms with Gasteiger partial charge in [0.1, 0.15) is 11.4 Å². The Morgan fingerprint density at radius 1 is 1.14 bits per heavy atom. The van der Waals surface area contributed by atoms with Crippen molar-refractivity contribution in [1.82, 2.24) is 0 Å². The van der Waals surface area contributed by atoms with Crippen LogP contribution in [0, 0.1) is 10.1 Å². The number of hydrogen-bond donors (Lipinski definition) is 0. The van der Waals surface area contributed by atoms with E-state index in [-0.39, 0.29) is 11.3 Å². The molecule has 0 aliphatic carbocycles. The zero-order valence-corrected chi connectivity index (χ0v) is 16.3. The van der Waals surface area contributed by atoms with Gasteiger partial charge in [0, 0.05) is 44.0 Å². The molecule has 2 aromatic carbocycles. The van der Waals surface area contributed by atoms with E-state index >= 15 is 0 Å². The van der Waals surface area contributed by atoms with Crippen LogP contribution in [0.5, 0.6) is 5.75 Å². The van der Waals surface area contributed by atoms with Crippen LogP contribution in [-0.2, 0) is 0 Å². The lowest BCUT2D eigenvalue weighted by Gasteiger charge is -2.21. The second-order valence-electron chi connectivity index (χ2n) is 6.71. The van der Waals surface area contributed by atoms with E-state index in [9.17, 15) is 14.9 Å². The molecule has 1 aliphatic heterocycles. The number of nitrogens with zero attached hydrogens (tertiary/aromatic N) is 3. The van der Waals surface area contributed by atoms with Gasteiger partial charge in [0.25, 0.3) is 5.69 Å². The smallest absolute Gasteiger partial charge is 0.343 e. The highest BCUT2D eigenvalue weighted by Crippen LogP contribution is 2.32. The van der Waals surface area contributed by atoms with E-state index < -0.39 is 10.9 Å². The number of esters is 1. The summed E-state index contributed by atoms with van der Waals surface area (Å²) in [5.41, 5.74) is 1.63. The predicted octanol–water partition coefficient (Wildman–Crippen LogP) is 4.26. The molecule has 0 aromatic heterocycles. The molecule has 28 heavy (non-hydrogen) atoms. The zero-order chi connectivity index (χ0) is 20.1. The minimum atomic E-state index is -0.604. The minimum absolute atomic E-state index is 0.0618. The number of nitro groups is 1. The van der Waals surface area contributed by atoms with Crippen molar-refractivity contribution in [3.8, 4) is 5.75 Å². The molecule has 148 valence electrons. The molecule has 7 nitrogen and oxygen atoms in total. The quantitative estimate of drug-likeness (QED) is 0.308. The standard InChI is InChI=1S/C21H25N3O4/c1-3-22(4-2)17-8-7-9-18(15-17)28-21(25)16-10-11-19(20(14-16)24(26)27)23-12-5-6-13-23/h7-11,14-15H,3-6,12-13H2,1-2H3. The van der Waals surface area contributed by atoms with Gasteiger partial charge in [-0.15, -0.1) is 0 Å². The molecule has 0 unspecified atom stereocenters. The zero-order valence-electron chi connectivity index (χ0n) is 16.3. The molecule has 3 rings (SSSR count). The number of ether oxygens (including phenoxy) is 1. The summed E-state index contributed by atoms with van der Waals surface area (Å²) < 4.78 is 5.48. The lowest BCUT2D eigenvalue weighted by atomic mass is 10.1. The van der Waals surface area contributed by atoms with Crippen LogP contribution in [0.3, 0.4) is 0 Å². The molecule has 0 saturated carbocycles. The summed E-state index contributed by atoms with van der Waals surface area (Å²) in [6.07, 6.45) is 2.04. The highest BCUT2D eigenvalue weighted by Gasteiger charge is 2.24. The van der Waals surface area contributed by atoms with Gasteiger partial charge in [0.15, 0.2) is 0 Å². The number of hydrogen-bond acceptors (Lipinski definition) is 6. The first-order valence-electron chi connectivity index (χ1n) is 9.64. The SMILES string of the molecule is CCN(CC)c1cccc(OC(=O)c2ccc(N3CCCC3)c([N+](=O)[O-])c2)c1. The Morgan fingerprint density at radius 3 is 2.50 bits per heavy atom. The van der Waals surface area contributed by atoms with Crippen molar-refractivity contribution in [2.24, 2.45) is 0 Å². The molecule has 0 bridgehead atoms. The highest BCUT2D eigenvalue weighted by molar-refractivity contribution is 5.93. The van der Waals surface area contributed by atoms with Crippen LogP contribution in [-0.4, -0.2) is 37.1 Å². The lowest BCUT2D eigenvalue weighted by Crippen LogP contribution is -2.21. The molecule has 1 aliphatic rings. The normalized spacial score (nSPS) is 13.4. The molecule has 0 amide bonds. The molecule has 1 fully saturated rings. The number of carbonyl (C=O) groups excluding carboxylic acids is 1. The third kappa shape index (κ3) is 4.24. The summed E-state index contributed by atoms with van der Waals surface area (Å²) in [5.74, 6) is -0.187. The topological polar surface area (TPSA) is 75.9 Å². The first-order valence-corrected chi connectivity index (χ1v) is 9.64. The highest BCUT2D eigenvalue weighted by atomic mass is 16.6. The Bertz CT molecular complexity index is 858. The fourth-order valence-corrected chi connectivity index (χ4v) is 3.52. The van der Waals surface area contributed by atoms with E-state index in [0.717, 1.165) is 44.7 Å². The summed E-state index contributed by atoms with van der Waals surface area (Å²) >= 11 is 0. The Balaban J connectivity index is 1.82. The van der Waals surface area contributed by atoms with E-state index in [4.69, 9.17) is 4.74 Å².